The van der Waals surface area contributed by atoms with E-state index in [2.05, 4.69) is 48.1 Å². The summed E-state index contributed by atoms with van der Waals surface area (Å²) in [5.74, 6) is 0.815. The Morgan fingerprint density at radius 2 is 1.80 bits per heavy atom. The molecule has 25 heavy (non-hydrogen) atoms. The summed E-state index contributed by atoms with van der Waals surface area (Å²) in [5.41, 5.74) is 3.79. The van der Waals surface area contributed by atoms with E-state index >= 15 is 0 Å². The van der Waals surface area contributed by atoms with E-state index in [4.69, 9.17) is 4.74 Å². The molecule has 0 unspecified atom stereocenters. The molecule has 1 heterocycles. The van der Waals surface area contributed by atoms with Crippen LogP contribution in [0.3, 0.4) is 0 Å². The predicted molar refractivity (Wildman–Crippen MR) is 101 cm³/mol. The maximum absolute atomic E-state index is 12.0. The third kappa shape index (κ3) is 4.02. The Morgan fingerprint density at radius 1 is 1.08 bits per heavy atom. The van der Waals surface area contributed by atoms with Gasteiger partial charge in [0.15, 0.2) is 0 Å². The molecule has 0 radical (unpaired) electrons. The summed E-state index contributed by atoms with van der Waals surface area (Å²) < 4.78 is 7.77. The number of fused-ring (bicyclic) bond motifs is 1. The second-order valence-corrected chi connectivity index (χ2v) is 6.15. The minimum absolute atomic E-state index is 0.0221. The van der Waals surface area contributed by atoms with Crippen LogP contribution in [0.25, 0.3) is 10.9 Å². The Hall–Kier alpha value is -2.75. The molecule has 0 aliphatic rings. The van der Waals surface area contributed by atoms with Crippen LogP contribution in [0.15, 0.2) is 54.6 Å². The van der Waals surface area contributed by atoms with Crippen molar-refractivity contribution in [3.8, 4) is 5.75 Å². The number of aromatic nitrogens is 1. The number of hydrogen-bond donors (Lipinski definition) is 1. The first-order valence-corrected chi connectivity index (χ1v) is 8.64. The lowest BCUT2D eigenvalue weighted by Gasteiger charge is -2.08. The van der Waals surface area contributed by atoms with Gasteiger partial charge in [-0.15, -0.1) is 0 Å². The summed E-state index contributed by atoms with van der Waals surface area (Å²) in [6, 6.07) is 17.9. The molecule has 1 N–H and O–H groups in total. The number of carbonyl (C=O) groups excluding carboxylic acids is 1. The van der Waals surface area contributed by atoms with E-state index in [0.717, 1.165) is 12.2 Å². The molecule has 0 saturated heterocycles. The van der Waals surface area contributed by atoms with Crippen molar-refractivity contribution in [2.75, 3.05) is 13.2 Å². The molecule has 0 saturated carbocycles. The Bertz CT molecular complexity index is 853. The Kier molecular flexibility index (Phi) is 5.39. The normalized spacial score (nSPS) is 10.8. The minimum Gasteiger partial charge on any atom is -0.493 e. The Morgan fingerprint density at radius 3 is 2.60 bits per heavy atom. The van der Waals surface area contributed by atoms with Crippen molar-refractivity contribution < 1.29 is 9.53 Å². The first kappa shape index (κ1) is 17.1. The van der Waals surface area contributed by atoms with Crippen LogP contribution in [0.4, 0.5) is 0 Å². The summed E-state index contributed by atoms with van der Waals surface area (Å²) in [7, 11) is 2.08. The molecule has 2 aromatic carbocycles. The highest BCUT2D eigenvalue weighted by atomic mass is 16.5. The SMILES string of the molecule is Cc1c(CCNC(=O)CCOc2ccccc2)c2ccccc2n1C. The zero-order valence-corrected chi connectivity index (χ0v) is 14.8. The van der Waals surface area contributed by atoms with Crippen molar-refractivity contribution in [3.63, 3.8) is 0 Å². The lowest BCUT2D eigenvalue weighted by molar-refractivity contribution is -0.121. The highest BCUT2D eigenvalue weighted by molar-refractivity contribution is 5.85. The Balaban J connectivity index is 1.48. The Labute approximate surface area is 148 Å². The highest BCUT2D eigenvalue weighted by Crippen LogP contribution is 2.24. The summed E-state index contributed by atoms with van der Waals surface area (Å²) in [6.07, 6.45) is 1.20. The smallest absolute Gasteiger partial charge is 0.223 e. The third-order valence-electron chi connectivity index (χ3n) is 4.57. The molecule has 1 aromatic heterocycles. The average molecular weight is 336 g/mol. The van der Waals surface area contributed by atoms with E-state index in [1.165, 1.54) is 22.2 Å². The largest absolute Gasteiger partial charge is 0.493 e. The number of amides is 1. The fourth-order valence-corrected chi connectivity index (χ4v) is 3.11. The van der Waals surface area contributed by atoms with E-state index in [1.807, 2.05) is 30.3 Å². The fraction of sp³-hybridized carbons (Fsp3) is 0.286. The minimum atomic E-state index is 0.0221. The molecule has 0 bridgehead atoms. The van der Waals surface area contributed by atoms with Gasteiger partial charge in [0, 0.05) is 30.2 Å². The molecule has 0 atom stereocenters. The van der Waals surface area contributed by atoms with Crippen LogP contribution in [0.2, 0.25) is 0 Å². The molecule has 3 rings (SSSR count). The van der Waals surface area contributed by atoms with Gasteiger partial charge in [-0.2, -0.15) is 0 Å². The number of ether oxygens (including phenoxy) is 1. The lowest BCUT2D eigenvalue weighted by Crippen LogP contribution is -2.27. The molecule has 1 amide bonds. The van der Waals surface area contributed by atoms with Crippen LogP contribution < -0.4 is 10.1 Å². The van der Waals surface area contributed by atoms with Gasteiger partial charge in [0.1, 0.15) is 5.75 Å². The van der Waals surface area contributed by atoms with Crippen LogP contribution in [-0.2, 0) is 18.3 Å². The van der Waals surface area contributed by atoms with Gasteiger partial charge < -0.3 is 14.6 Å². The number of aryl methyl sites for hydroxylation is 1. The molecule has 3 aromatic rings. The predicted octanol–water partition coefficient (Wildman–Crippen LogP) is 3.61. The molecule has 4 nitrogen and oxygen atoms in total. The molecule has 4 heteroatoms. The first-order valence-electron chi connectivity index (χ1n) is 8.64. The number of rotatable bonds is 7. The molecule has 0 spiro atoms. The van der Waals surface area contributed by atoms with E-state index in [9.17, 15) is 4.79 Å². The standard InChI is InChI=1S/C21H24N2O2/c1-16-18(19-10-6-7-11-20(19)23(16)2)12-14-22-21(24)13-15-25-17-8-4-3-5-9-17/h3-11H,12-15H2,1-2H3,(H,22,24). The zero-order valence-electron chi connectivity index (χ0n) is 14.8. The first-order chi connectivity index (χ1) is 12.2. The summed E-state index contributed by atoms with van der Waals surface area (Å²) >= 11 is 0. The summed E-state index contributed by atoms with van der Waals surface area (Å²) in [5, 5.41) is 4.26. The van der Waals surface area contributed by atoms with Crippen molar-refractivity contribution in [1.29, 1.82) is 0 Å². The van der Waals surface area contributed by atoms with E-state index in [1.54, 1.807) is 0 Å². The second kappa shape index (κ2) is 7.88. The van der Waals surface area contributed by atoms with Gasteiger partial charge >= 0.3 is 0 Å². The molecule has 0 aliphatic carbocycles. The maximum Gasteiger partial charge on any atom is 0.223 e. The van der Waals surface area contributed by atoms with Gasteiger partial charge in [-0.05, 0) is 37.1 Å². The fourth-order valence-electron chi connectivity index (χ4n) is 3.11. The van der Waals surface area contributed by atoms with Crippen molar-refractivity contribution in [2.45, 2.75) is 19.8 Å². The van der Waals surface area contributed by atoms with Crippen LogP contribution in [0.5, 0.6) is 5.75 Å². The lowest BCUT2D eigenvalue weighted by atomic mass is 10.1. The molecular weight excluding hydrogens is 312 g/mol. The monoisotopic (exact) mass is 336 g/mol. The van der Waals surface area contributed by atoms with Crippen molar-refractivity contribution in [3.05, 3.63) is 65.9 Å². The van der Waals surface area contributed by atoms with Crippen molar-refractivity contribution >= 4 is 16.8 Å². The number of para-hydroxylation sites is 2. The highest BCUT2D eigenvalue weighted by Gasteiger charge is 2.11. The van der Waals surface area contributed by atoms with E-state index < -0.39 is 0 Å². The second-order valence-electron chi connectivity index (χ2n) is 6.15. The molecule has 0 aliphatic heterocycles. The van der Waals surface area contributed by atoms with E-state index in [0.29, 0.717) is 19.6 Å². The summed E-state index contributed by atoms with van der Waals surface area (Å²) in [4.78, 5) is 12.0. The average Bonchev–Trinajstić information content (AvgIpc) is 2.88. The van der Waals surface area contributed by atoms with Gasteiger partial charge in [0.25, 0.3) is 0 Å². The zero-order chi connectivity index (χ0) is 17.6. The number of nitrogens with zero attached hydrogens (tertiary/aromatic N) is 1. The molecule has 130 valence electrons. The van der Waals surface area contributed by atoms with Gasteiger partial charge in [-0.3, -0.25) is 4.79 Å². The summed E-state index contributed by atoms with van der Waals surface area (Å²) in [6.45, 7) is 3.16. The van der Waals surface area contributed by atoms with Crippen LogP contribution in [-0.4, -0.2) is 23.6 Å². The van der Waals surface area contributed by atoms with Crippen LogP contribution in [0, 0.1) is 6.92 Å². The van der Waals surface area contributed by atoms with Crippen LogP contribution >= 0.6 is 0 Å². The van der Waals surface area contributed by atoms with Crippen LogP contribution in [0.1, 0.15) is 17.7 Å². The van der Waals surface area contributed by atoms with Gasteiger partial charge in [-0.25, -0.2) is 0 Å². The topological polar surface area (TPSA) is 43.3 Å². The van der Waals surface area contributed by atoms with Gasteiger partial charge in [0.05, 0.1) is 13.0 Å². The maximum atomic E-state index is 12.0. The third-order valence-corrected chi connectivity index (χ3v) is 4.57. The number of benzene rings is 2. The van der Waals surface area contributed by atoms with Crippen molar-refractivity contribution in [1.82, 2.24) is 9.88 Å². The number of hydrogen-bond acceptors (Lipinski definition) is 2. The van der Waals surface area contributed by atoms with Gasteiger partial charge in [-0.1, -0.05) is 36.4 Å². The number of nitrogens with one attached hydrogen (secondary N) is 1. The van der Waals surface area contributed by atoms with Gasteiger partial charge in [0.2, 0.25) is 5.91 Å². The quantitative estimate of drug-likeness (QED) is 0.716. The molecule has 0 fully saturated rings. The molecular formula is C21H24N2O2. The van der Waals surface area contributed by atoms with E-state index in [-0.39, 0.29) is 5.91 Å². The van der Waals surface area contributed by atoms with Crippen molar-refractivity contribution in [2.24, 2.45) is 7.05 Å². The number of carbonyl (C=O) groups is 1.